The maximum Gasteiger partial charge on any atom is 0.244 e. The smallest absolute Gasteiger partial charge is 0.244 e. The Kier molecular flexibility index (Phi) is 10.7. The van der Waals surface area contributed by atoms with Gasteiger partial charge in [0, 0.05) is 33.5 Å². The lowest BCUT2D eigenvalue weighted by Gasteiger charge is -2.34. The van der Waals surface area contributed by atoms with E-state index in [1.807, 2.05) is 54.6 Å². The van der Waals surface area contributed by atoms with E-state index in [0.29, 0.717) is 0 Å². The Morgan fingerprint density at radius 1 is 0.951 bits per heavy atom. The number of halogens is 3. The van der Waals surface area contributed by atoms with Gasteiger partial charge in [-0.15, -0.1) is 0 Å². The Labute approximate surface area is 260 Å². The molecule has 0 radical (unpaired) electrons. The highest BCUT2D eigenvalue weighted by Crippen LogP contribution is 2.28. The number of carbonyl (C=O) groups is 2. The maximum atomic E-state index is 14.2. The van der Waals surface area contributed by atoms with Gasteiger partial charge < -0.3 is 10.2 Å². The van der Waals surface area contributed by atoms with Gasteiger partial charge in [-0.2, -0.15) is 0 Å². The van der Waals surface area contributed by atoms with E-state index < -0.39 is 28.5 Å². The Morgan fingerprint density at radius 3 is 2.20 bits per heavy atom. The van der Waals surface area contributed by atoms with E-state index in [9.17, 15) is 18.0 Å². The van der Waals surface area contributed by atoms with Crippen molar-refractivity contribution in [2.75, 3.05) is 17.1 Å². The zero-order valence-electron chi connectivity index (χ0n) is 22.6. The highest BCUT2D eigenvalue weighted by Gasteiger charge is 2.34. The molecule has 0 heterocycles. The van der Waals surface area contributed by atoms with E-state index in [0.717, 1.165) is 51.8 Å². The molecular weight excluding hydrogens is 649 g/mol. The summed E-state index contributed by atoms with van der Waals surface area (Å²) < 4.78 is 27.6. The fourth-order valence-electron chi connectivity index (χ4n) is 5.05. The predicted molar refractivity (Wildman–Crippen MR) is 168 cm³/mol. The fraction of sp³-hybridized carbons (Fsp3) is 0.333. The van der Waals surface area contributed by atoms with Crippen molar-refractivity contribution in [2.45, 2.75) is 50.7 Å². The zero-order chi connectivity index (χ0) is 29.6. The van der Waals surface area contributed by atoms with Crippen LogP contribution in [0.5, 0.6) is 0 Å². The first kappa shape index (κ1) is 31.3. The Bertz CT molecular complexity index is 1460. The number of hydrogen-bond donors (Lipinski definition) is 1. The summed E-state index contributed by atoms with van der Waals surface area (Å²) in [5.74, 6) is -0.796. The molecule has 1 atom stereocenters. The molecule has 0 saturated heterocycles. The van der Waals surface area contributed by atoms with Crippen LogP contribution in [0.3, 0.4) is 0 Å². The molecule has 2 amide bonds. The molecule has 11 heteroatoms. The minimum absolute atomic E-state index is 0.0460. The third-order valence-electron chi connectivity index (χ3n) is 7.03. The molecular formula is C30H32BrCl2N3O4S. The molecule has 1 N–H and O–H groups in total. The van der Waals surface area contributed by atoms with Gasteiger partial charge in [0.15, 0.2) is 0 Å². The summed E-state index contributed by atoms with van der Waals surface area (Å²) in [5, 5.41) is 3.62. The first-order valence-electron chi connectivity index (χ1n) is 13.3. The lowest BCUT2D eigenvalue weighted by Crippen LogP contribution is -2.54. The second-order valence-electron chi connectivity index (χ2n) is 10.2. The summed E-state index contributed by atoms with van der Waals surface area (Å²) in [5.41, 5.74) is 1.83. The van der Waals surface area contributed by atoms with E-state index in [1.165, 1.54) is 23.1 Å². The zero-order valence-corrected chi connectivity index (χ0v) is 26.5. The highest BCUT2D eigenvalue weighted by molar-refractivity contribution is 9.10. The third kappa shape index (κ3) is 8.95. The number of anilines is 1. The van der Waals surface area contributed by atoms with Crippen LogP contribution in [0.4, 0.5) is 5.69 Å². The van der Waals surface area contributed by atoms with Gasteiger partial charge in [-0.1, -0.05) is 94.4 Å². The van der Waals surface area contributed by atoms with Crippen molar-refractivity contribution in [2.24, 2.45) is 0 Å². The van der Waals surface area contributed by atoms with E-state index in [1.54, 1.807) is 0 Å². The Morgan fingerprint density at radius 2 is 1.59 bits per heavy atom. The van der Waals surface area contributed by atoms with Crippen molar-refractivity contribution >= 4 is 66.7 Å². The SMILES string of the molecule is CS(=O)(=O)N(CC(=O)N(Cc1cccc(Br)c1)C(Cc1ccccc1)C(=O)NC1CCCC1)c1cc(Cl)cc(Cl)c1. The second kappa shape index (κ2) is 14.1. The van der Waals surface area contributed by atoms with Crippen molar-refractivity contribution in [1.29, 1.82) is 0 Å². The predicted octanol–water partition coefficient (Wildman–Crippen LogP) is 6.22. The highest BCUT2D eigenvalue weighted by atomic mass is 79.9. The molecule has 0 bridgehead atoms. The van der Waals surface area contributed by atoms with Gasteiger partial charge in [-0.25, -0.2) is 8.42 Å². The minimum Gasteiger partial charge on any atom is -0.352 e. The Hall–Kier alpha value is -2.59. The number of rotatable bonds is 11. The van der Waals surface area contributed by atoms with Crippen LogP contribution in [-0.2, 0) is 32.6 Å². The normalized spacial score (nSPS) is 14.4. The van der Waals surface area contributed by atoms with Crippen LogP contribution < -0.4 is 9.62 Å². The maximum absolute atomic E-state index is 14.2. The quantitative estimate of drug-likeness (QED) is 0.261. The number of nitrogens with zero attached hydrogens (tertiary/aromatic N) is 2. The second-order valence-corrected chi connectivity index (χ2v) is 13.9. The monoisotopic (exact) mass is 679 g/mol. The van der Waals surface area contributed by atoms with Gasteiger partial charge in [0.05, 0.1) is 11.9 Å². The largest absolute Gasteiger partial charge is 0.352 e. The van der Waals surface area contributed by atoms with Crippen LogP contribution in [0.2, 0.25) is 10.0 Å². The van der Waals surface area contributed by atoms with E-state index in [4.69, 9.17) is 23.2 Å². The van der Waals surface area contributed by atoms with Crippen LogP contribution >= 0.6 is 39.1 Å². The molecule has 7 nitrogen and oxygen atoms in total. The lowest BCUT2D eigenvalue weighted by molar-refractivity contribution is -0.140. The van der Waals surface area contributed by atoms with Gasteiger partial charge in [0.2, 0.25) is 21.8 Å². The first-order valence-corrected chi connectivity index (χ1v) is 16.7. The van der Waals surface area contributed by atoms with Crippen LogP contribution in [-0.4, -0.2) is 50.0 Å². The van der Waals surface area contributed by atoms with Crippen molar-refractivity contribution in [3.05, 3.63) is 98.4 Å². The number of nitrogens with one attached hydrogen (secondary N) is 1. The van der Waals surface area contributed by atoms with Crippen LogP contribution in [0.1, 0.15) is 36.8 Å². The average molecular weight is 681 g/mol. The number of hydrogen-bond acceptors (Lipinski definition) is 4. The number of amides is 2. The standard InChI is InChI=1S/C30H32BrCl2N3O4S/c1-41(39,40)36(27-17-24(32)16-25(33)18-27)20-29(37)35(19-22-10-7-11-23(31)14-22)28(15-21-8-3-2-4-9-21)30(38)34-26-12-5-6-13-26/h2-4,7-11,14,16-18,26,28H,5-6,12-13,15,19-20H2,1H3,(H,34,38). The fourth-order valence-corrected chi connectivity index (χ4v) is 6.84. The molecule has 3 aromatic rings. The summed E-state index contributed by atoms with van der Waals surface area (Å²) in [7, 11) is -3.92. The molecule has 218 valence electrons. The molecule has 1 unspecified atom stereocenters. The van der Waals surface area contributed by atoms with Crippen LogP contribution in [0, 0.1) is 0 Å². The molecule has 0 spiro atoms. The Balaban J connectivity index is 1.74. The molecule has 0 aromatic heterocycles. The molecule has 4 rings (SSSR count). The summed E-state index contributed by atoms with van der Waals surface area (Å²) in [6.07, 6.45) is 5.14. The topological polar surface area (TPSA) is 86.8 Å². The van der Waals surface area contributed by atoms with Crippen molar-refractivity contribution in [1.82, 2.24) is 10.2 Å². The van der Waals surface area contributed by atoms with Gasteiger partial charge in [-0.05, 0) is 54.3 Å². The summed E-state index contributed by atoms with van der Waals surface area (Å²) >= 11 is 15.8. The molecule has 41 heavy (non-hydrogen) atoms. The molecule has 1 saturated carbocycles. The average Bonchev–Trinajstić information content (AvgIpc) is 3.41. The van der Waals surface area contributed by atoms with E-state index >= 15 is 0 Å². The minimum atomic E-state index is -3.92. The molecule has 0 aliphatic heterocycles. The van der Waals surface area contributed by atoms with Crippen molar-refractivity contribution in [3.63, 3.8) is 0 Å². The number of carbonyl (C=O) groups excluding carboxylic acids is 2. The lowest BCUT2D eigenvalue weighted by atomic mass is 10.0. The third-order valence-corrected chi connectivity index (χ3v) is 9.10. The van der Waals surface area contributed by atoms with E-state index in [-0.39, 0.29) is 40.6 Å². The van der Waals surface area contributed by atoms with Gasteiger partial charge >= 0.3 is 0 Å². The molecule has 1 aliphatic rings. The van der Waals surface area contributed by atoms with Crippen LogP contribution in [0.25, 0.3) is 0 Å². The number of sulfonamides is 1. The van der Waals surface area contributed by atoms with Crippen molar-refractivity contribution < 1.29 is 18.0 Å². The van der Waals surface area contributed by atoms with Crippen molar-refractivity contribution in [3.8, 4) is 0 Å². The molecule has 1 fully saturated rings. The van der Waals surface area contributed by atoms with Gasteiger partial charge in [0.1, 0.15) is 12.6 Å². The van der Waals surface area contributed by atoms with Gasteiger partial charge in [0.25, 0.3) is 0 Å². The molecule has 3 aromatic carbocycles. The summed E-state index contributed by atoms with van der Waals surface area (Å²) in [6.45, 7) is -0.437. The summed E-state index contributed by atoms with van der Waals surface area (Å²) in [6, 6.07) is 20.5. The number of benzene rings is 3. The van der Waals surface area contributed by atoms with Crippen LogP contribution in [0.15, 0.2) is 77.3 Å². The summed E-state index contributed by atoms with van der Waals surface area (Å²) in [4.78, 5) is 29.5. The first-order chi connectivity index (χ1) is 19.5. The van der Waals surface area contributed by atoms with E-state index in [2.05, 4.69) is 21.2 Å². The van der Waals surface area contributed by atoms with Gasteiger partial charge in [-0.3, -0.25) is 13.9 Å². The molecule has 1 aliphatic carbocycles.